The third-order valence-electron chi connectivity index (χ3n) is 2.28. The number of azide groups is 1. The van der Waals surface area contributed by atoms with Gasteiger partial charge in [0.25, 0.3) is 0 Å². The topological polar surface area (TPSA) is 144 Å². The molecule has 1 unspecified atom stereocenters. The molecule has 9 nitrogen and oxygen atoms in total. The highest BCUT2D eigenvalue weighted by Crippen LogP contribution is 2.05. The van der Waals surface area contributed by atoms with Crippen LogP contribution in [-0.4, -0.2) is 41.2 Å². The number of nitrogens with two attached hydrogens (primary N) is 1. The van der Waals surface area contributed by atoms with Crippen LogP contribution in [0.1, 0.15) is 26.7 Å². The van der Waals surface area contributed by atoms with Gasteiger partial charge in [-0.25, -0.2) is 15.4 Å². The molecule has 19 heavy (non-hydrogen) atoms. The Hall–Kier alpha value is -1.99. The molecule has 0 radical (unpaired) electrons. The highest BCUT2D eigenvalue weighted by atomic mass is 16.4. The minimum Gasteiger partial charge on any atom is -0.480 e. The van der Waals surface area contributed by atoms with E-state index in [4.69, 9.17) is 16.5 Å². The van der Waals surface area contributed by atoms with E-state index in [9.17, 15) is 9.59 Å². The fraction of sp³-hybridized carbons (Fsp3) is 0.800. The van der Waals surface area contributed by atoms with Gasteiger partial charge in [-0.15, -0.1) is 0 Å². The summed E-state index contributed by atoms with van der Waals surface area (Å²) in [7, 11) is 0. The number of amides is 2. The fourth-order valence-electron chi connectivity index (χ4n) is 1.38. The first-order chi connectivity index (χ1) is 8.88. The maximum Gasteiger partial charge on any atom is 0.332 e. The van der Waals surface area contributed by atoms with Crippen molar-refractivity contribution in [3.05, 3.63) is 10.4 Å². The molecule has 9 heteroatoms. The normalized spacial score (nSPS) is 11.6. The number of hydrazine groups is 1. The van der Waals surface area contributed by atoms with Crippen LogP contribution < -0.4 is 11.2 Å². The van der Waals surface area contributed by atoms with Crippen LogP contribution in [0.5, 0.6) is 0 Å². The monoisotopic (exact) mass is 272 g/mol. The largest absolute Gasteiger partial charge is 0.480 e. The van der Waals surface area contributed by atoms with Crippen LogP contribution in [0.4, 0.5) is 4.79 Å². The lowest BCUT2D eigenvalue weighted by Gasteiger charge is -2.21. The van der Waals surface area contributed by atoms with Crippen molar-refractivity contribution in [1.82, 2.24) is 10.3 Å². The number of carbonyl (C=O) groups excluding carboxylic acids is 1. The molecule has 0 spiro atoms. The van der Waals surface area contributed by atoms with Crippen molar-refractivity contribution in [3.8, 4) is 0 Å². The SMILES string of the molecule is CC(C)CC(NC(=O)N(N)CCCN=[N+]=[N-])C(=O)O. The van der Waals surface area contributed by atoms with Crippen LogP contribution in [0.3, 0.4) is 0 Å². The predicted octanol–water partition coefficient (Wildman–Crippen LogP) is 1.07. The number of hydrogen-bond acceptors (Lipinski definition) is 4. The quantitative estimate of drug-likeness (QED) is 0.115. The predicted molar refractivity (Wildman–Crippen MR) is 68.9 cm³/mol. The number of carboxylic acids is 1. The summed E-state index contributed by atoms with van der Waals surface area (Å²) in [5, 5.41) is 15.5. The molecular weight excluding hydrogens is 252 g/mol. The van der Waals surface area contributed by atoms with Crippen molar-refractivity contribution in [2.45, 2.75) is 32.7 Å². The Kier molecular flexibility index (Phi) is 8.07. The van der Waals surface area contributed by atoms with E-state index >= 15 is 0 Å². The Bertz CT molecular complexity index is 353. The Morgan fingerprint density at radius 3 is 2.63 bits per heavy atom. The summed E-state index contributed by atoms with van der Waals surface area (Å²) >= 11 is 0. The highest BCUT2D eigenvalue weighted by Gasteiger charge is 2.22. The van der Waals surface area contributed by atoms with E-state index in [2.05, 4.69) is 15.3 Å². The molecule has 0 aromatic carbocycles. The van der Waals surface area contributed by atoms with Crippen molar-refractivity contribution in [3.63, 3.8) is 0 Å². The third kappa shape index (κ3) is 7.85. The van der Waals surface area contributed by atoms with E-state index in [1.54, 1.807) is 0 Å². The summed E-state index contributed by atoms with van der Waals surface area (Å²) in [6.45, 7) is 4.13. The van der Waals surface area contributed by atoms with E-state index in [1.807, 2.05) is 13.8 Å². The summed E-state index contributed by atoms with van der Waals surface area (Å²) in [6.07, 6.45) is 0.740. The van der Waals surface area contributed by atoms with E-state index < -0.39 is 18.0 Å². The lowest BCUT2D eigenvalue weighted by Crippen LogP contribution is -2.51. The smallest absolute Gasteiger partial charge is 0.332 e. The van der Waals surface area contributed by atoms with Crippen molar-refractivity contribution >= 4 is 12.0 Å². The lowest BCUT2D eigenvalue weighted by molar-refractivity contribution is -0.139. The molecule has 4 N–H and O–H groups in total. The first-order valence-corrected chi connectivity index (χ1v) is 5.94. The van der Waals surface area contributed by atoms with Crippen LogP contribution in [0.2, 0.25) is 0 Å². The molecule has 0 saturated carbocycles. The maximum absolute atomic E-state index is 11.6. The van der Waals surface area contributed by atoms with Gasteiger partial charge < -0.3 is 10.4 Å². The zero-order valence-corrected chi connectivity index (χ0v) is 11.1. The minimum absolute atomic E-state index is 0.137. The molecule has 1 atom stereocenters. The molecule has 0 fully saturated rings. The first-order valence-electron chi connectivity index (χ1n) is 5.94. The van der Waals surface area contributed by atoms with Crippen LogP contribution in [0.15, 0.2) is 5.11 Å². The van der Waals surface area contributed by atoms with Crippen molar-refractivity contribution < 1.29 is 14.7 Å². The molecule has 0 aliphatic carbocycles. The molecule has 2 amide bonds. The Balaban J connectivity index is 4.23. The number of rotatable bonds is 8. The summed E-state index contributed by atoms with van der Waals surface area (Å²) < 4.78 is 0. The molecule has 0 saturated heterocycles. The van der Waals surface area contributed by atoms with E-state index in [1.165, 1.54) is 0 Å². The van der Waals surface area contributed by atoms with Gasteiger partial charge >= 0.3 is 12.0 Å². The number of nitrogens with zero attached hydrogens (tertiary/aromatic N) is 4. The standard InChI is InChI=1S/C10H20N6O3/c1-7(2)6-8(9(17)18)14-10(19)16(12)5-3-4-13-15-11/h7-8H,3-6,12H2,1-2H3,(H,14,19)(H,17,18). The molecule has 0 rings (SSSR count). The number of aliphatic carboxylic acids is 1. The number of urea groups is 1. The van der Waals surface area contributed by atoms with Gasteiger partial charge in [0, 0.05) is 18.0 Å². The molecular formula is C10H20N6O3. The molecule has 0 bridgehead atoms. The number of carbonyl (C=O) groups is 2. The second-order valence-electron chi connectivity index (χ2n) is 4.47. The molecule has 108 valence electrons. The Morgan fingerprint density at radius 2 is 2.16 bits per heavy atom. The van der Waals surface area contributed by atoms with Gasteiger partial charge in [-0.2, -0.15) is 0 Å². The molecule has 0 aliphatic rings. The summed E-state index contributed by atoms with van der Waals surface area (Å²) in [5.41, 5.74) is 8.07. The van der Waals surface area contributed by atoms with Crippen LogP contribution in [0.25, 0.3) is 10.4 Å². The zero-order chi connectivity index (χ0) is 14.8. The van der Waals surface area contributed by atoms with Gasteiger partial charge in [0.1, 0.15) is 6.04 Å². The molecule has 0 heterocycles. The van der Waals surface area contributed by atoms with Crippen LogP contribution in [0, 0.1) is 5.92 Å². The lowest BCUT2D eigenvalue weighted by atomic mass is 10.0. The summed E-state index contributed by atoms with van der Waals surface area (Å²) in [6, 6.07) is -1.62. The van der Waals surface area contributed by atoms with E-state index in [0.29, 0.717) is 12.8 Å². The van der Waals surface area contributed by atoms with E-state index in [-0.39, 0.29) is 19.0 Å². The molecule has 0 aromatic heterocycles. The Labute approximate surface area is 111 Å². The van der Waals surface area contributed by atoms with Crippen molar-refractivity contribution in [2.75, 3.05) is 13.1 Å². The second-order valence-corrected chi connectivity index (χ2v) is 4.47. The van der Waals surface area contributed by atoms with Gasteiger partial charge in [-0.05, 0) is 24.3 Å². The van der Waals surface area contributed by atoms with Crippen LogP contribution in [-0.2, 0) is 4.79 Å². The van der Waals surface area contributed by atoms with Crippen molar-refractivity contribution in [1.29, 1.82) is 0 Å². The van der Waals surface area contributed by atoms with Gasteiger partial charge in [0.2, 0.25) is 0 Å². The van der Waals surface area contributed by atoms with Gasteiger partial charge in [0.15, 0.2) is 0 Å². The maximum atomic E-state index is 11.6. The zero-order valence-electron chi connectivity index (χ0n) is 11.1. The Morgan fingerprint density at radius 1 is 1.53 bits per heavy atom. The van der Waals surface area contributed by atoms with E-state index in [0.717, 1.165) is 5.01 Å². The average Bonchev–Trinajstić information content (AvgIpc) is 2.32. The summed E-state index contributed by atoms with van der Waals surface area (Å²) in [4.78, 5) is 25.2. The fourth-order valence-corrected chi connectivity index (χ4v) is 1.38. The first kappa shape index (κ1) is 17.0. The minimum atomic E-state index is -1.09. The number of carboxylic acid groups (broad SMARTS) is 1. The second kappa shape index (κ2) is 9.01. The average molecular weight is 272 g/mol. The van der Waals surface area contributed by atoms with Gasteiger partial charge in [0.05, 0.1) is 0 Å². The molecule has 0 aliphatic heterocycles. The third-order valence-corrected chi connectivity index (χ3v) is 2.28. The van der Waals surface area contributed by atoms with Gasteiger partial charge in [-0.1, -0.05) is 19.0 Å². The van der Waals surface area contributed by atoms with Crippen molar-refractivity contribution in [2.24, 2.45) is 16.9 Å². The number of nitrogens with one attached hydrogen (secondary N) is 1. The van der Waals surface area contributed by atoms with Gasteiger partial charge in [-0.3, -0.25) is 5.01 Å². The molecule has 0 aromatic rings. The number of hydrogen-bond donors (Lipinski definition) is 3. The van der Waals surface area contributed by atoms with Crippen LogP contribution >= 0.6 is 0 Å². The summed E-state index contributed by atoms with van der Waals surface area (Å²) in [5.74, 6) is 4.52. The highest BCUT2D eigenvalue weighted by molar-refractivity contribution is 5.82.